The molecule has 1 aromatic heterocycles. The fourth-order valence-electron chi connectivity index (χ4n) is 1.72. The summed E-state index contributed by atoms with van der Waals surface area (Å²) >= 11 is 13.3. The molecule has 1 aromatic carbocycles. The normalized spacial score (nSPS) is 12.0. The second-order valence-corrected chi connectivity index (χ2v) is 6.27. The zero-order valence-corrected chi connectivity index (χ0v) is 13.3. The molecule has 0 radical (unpaired) electrons. The van der Waals surface area contributed by atoms with E-state index in [1.807, 2.05) is 17.5 Å². The van der Waals surface area contributed by atoms with Crippen molar-refractivity contribution in [2.75, 3.05) is 6.54 Å². The van der Waals surface area contributed by atoms with Crippen LogP contribution >= 0.6 is 34.5 Å². The van der Waals surface area contributed by atoms with Gasteiger partial charge in [-0.15, -0.1) is 11.3 Å². The van der Waals surface area contributed by atoms with E-state index in [0.29, 0.717) is 22.2 Å². The molecule has 0 bridgehead atoms. The molecule has 1 heterocycles. The van der Waals surface area contributed by atoms with Gasteiger partial charge in [-0.1, -0.05) is 29.3 Å². The van der Waals surface area contributed by atoms with Crippen molar-refractivity contribution in [3.05, 3.63) is 56.2 Å². The van der Waals surface area contributed by atoms with Crippen LogP contribution in [0.1, 0.15) is 16.5 Å². The summed E-state index contributed by atoms with van der Waals surface area (Å²) in [6, 6.07) is 8.34. The lowest BCUT2D eigenvalue weighted by atomic mass is 10.1. The van der Waals surface area contributed by atoms with Gasteiger partial charge in [0.25, 0.3) is 0 Å². The van der Waals surface area contributed by atoms with E-state index in [0.717, 1.165) is 4.88 Å². The molecule has 0 saturated heterocycles. The number of carbonyl (C=O) groups excluding carboxylic acids is 1. The summed E-state index contributed by atoms with van der Waals surface area (Å²) in [5, 5.41) is 18.2. The predicted octanol–water partition coefficient (Wildman–Crippen LogP) is 3.59. The SMILES string of the molecule is O=C(NCc1cccs1)NCC(O)c1cc(Cl)cc(Cl)c1. The number of hydrogen-bond donors (Lipinski definition) is 3. The van der Waals surface area contributed by atoms with Gasteiger partial charge in [-0.2, -0.15) is 0 Å². The summed E-state index contributed by atoms with van der Waals surface area (Å²) in [4.78, 5) is 12.7. The Balaban J connectivity index is 1.80. The molecule has 1 atom stereocenters. The smallest absolute Gasteiger partial charge is 0.315 e. The minimum absolute atomic E-state index is 0.0763. The second kappa shape index (κ2) is 7.66. The average Bonchev–Trinajstić information content (AvgIpc) is 2.94. The molecule has 7 heteroatoms. The minimum Gasteiger partial charge on any atom is -0.387 e. The maximum Gasteiger partial charge on any atom is 0.315 e. The first-order valence-corrected chi connectivity index (χ1v) is 7.86. The number of amides is 2. The number of carbonyl (C=O) groups is 1. The van der Waals surface area contributed by atoms with E-state index >= 15 is 0 Å². The van der Waals surface area contributed by atoms with Crippen molar-refractivity contribution in [3.63, 3.8) is 0 Å². The van der Waals surface area contributed by atoms with Crippen LogP contribution in [0.2, 0.25) is 10.0 Å². The molecule has 3 N–H and O–H groups in total. The summed E-state index contributed by atoms with van der Waals surface area (Å²) in [7, 11) is 0. The van der Waals surface area contributed by atoms with Gasteiger partial charge in [0.05, 0.1) is 12.6 Å². The Morgan fingerprint density at radius 2 is 1.95 bits per heavy atom. The number of halogens is 2. The highest BCUT2D eigenvalue weighted by atomic mass is 35.5. The first kappa shape index (κ1) is 16.1. The molecule has 0 aliphatic heterocycles. The molecule has 0 spiro atoms. The maximum absolute atomic E-state index is 11.6. The van der Waals surface area contributed by atoms with Gasteiger partial charge in [0, 0.05) is 21.5 Å². The molecule has 2 amide bonds. The molecule has 1 unspecified atom stereocenters. The summed E-state index contributed by atoms with van der Waals surface area (Å²) in [6.45, 7) is 0.537. The van der Waals surface area contributed by atoms with Crippen molar-refractivity contribution < 1.29 is 9.90 Å². The third kappa shape index (κ3) is 5.21. The number of urea groups is 1. The lowest BCUT2D eigenvalue weighted by Gasteiger charge is -2.13. The zero-order chi connectivity index (χ0) is 15.2. The topological polar surface area (TPSA) is 61.4 Å². The Morgan fingerprint density at radius 1 is 1.24 bits per heavy atom. The van der Waals surface area contributed by atoms with E-state index in [1.165, 1.54) is 0 Å². The molecule has 0 aliphatic carbocycles. The third-order valence-corrected chi connectivity index (χ3v) is 4.04. The highest BCUT2D eigenvalue weighted by molar-refractivity contribution is 7.09. The van der Waals surface area contributed by atoms with Crippen LogP contribution < -0.4 is 10.6 Å². The van der Waals surface area contributed by atoms with Gasteiger partial charge in [0.1, 0.15) is 0 Å². The number of aliphatic hydroxyl groups excluding tert-OH is 1. The predicted molar refractivity (Wildman–Crippen MR) is 86.0 cm³/mol. The maximum atomic E-state index is 11.6. The molecule has 0 aliphatic rings. The number of thiophene rings is 1. The molecule has 2 rings (SSSR count). The van der Waals surface area contributed by atoms with Crippen molar-refractivity contribution in [1.82, 2.24) is 10.6 Å². The van der Waals surface area contributed by atoms with E-state index in [4.69, 9.17) is 23.2 Å². The summed E-state index contributed by atoms with van der Waals surface area (Å²) in [5.41, 5.74) is 0.561. The van der Waals surface area contributed by atoms with E-state index in [9.17, 15) is 9.90 Å². The molecule has 2 aromatic rings. The molecule has 21 heavy (non-hydrogen) atoms. The van der Waals surface area contributed by atoms with Crippen LogP contribution in [0.3, 0.4) is 0 Å². The summed E-state index contributed by atoms with van der Waals surface area (Å²) < 4.78 is 0. The number of benzene rings is 1. The molecule has 0 fully saturated rings. The van der Waals surface area contributed by atoms with Crippen LogP contribution in [0.5, 0.6) is 0 Å². The Kier molecular flexibility index (Phi) is 5.87. The van der Waals surface area contributed by atoms with Gasteiger partial charge in [-0.3, -0.25) is 0 Å². The molecular weight excluding hydrogens is 331 g/mol. The Labute approximate surface area is 136 Å². The van der Waals surface area contributed by atoms with E-state index in [1.54, 1.807) is 29.5 Å². The summed E-state index contributed by atoms with van der Waals surface area (Å²) in [5.74, 6) is 0. The van der Waals surface area contributed by atoms with Gasteiger partial charge in [0.15, 0.2) is 0 Å². The van der Waals surface area contributed by atoms with Crippen LogP contribution in [0.15, 0.2) is 35.7 Å². The van der Waals surface area contributed by atoms with E-state index < -0.39 is 6.10 Å². The van der Waals surface area contributed by atoms with Crippen LogP contribution in [-0.4, -0.2) is 17.7 Å². The molecule has 4 nitrogen and oxygen atoms in total. The van der Waals surface area contributed by atoms with E-state index in [2.05, 4.69) is 10.6 Å². The van der Waals surface area contributed by atoms with Crippen LogP contribution in [-0.2, 0) is 6.54 Å². The third-order valence-electron chi connectivity index (χ3n) is 2.73. The number of hydrogen-bond acceptors (Lipinski definition) is 3. The Bertz CT molecular complexity index is 585. The minimum atomic E-state index is -0.867. The van der Waals surface area contributed by atoms with Gasteiger partial charge in [-0.05, 0) is 35.2 Å². The van der Waals surface area contributed by atoms with Crippen molar-refractivity contribution in [1.29, 1.82) is 0 Å². The largest absolute Gasteiger partial charge is 0.387 e. The lowest BCUT2D eigenvalue weighted by molar-refractivity contribution is 0.173. The Hall–Kier alpha value is -1.27. The first-order chi connectivity index (χ1) is 10.0. The fourth-order valence-corrected chi connectivity index (χ4v) is 2.91. The highest BCUT2D eigenvalue weighted by Crippen LogP contribution is 2.23. The average molecular weight is 345 g/mol. The van der Waals surface area contributed by atoms with Gasteiger partial charge in [-0.25, -0.2) is 4.79 Å². The van der Waals surface area contributed by atoms with Gasteiger partial charge in [0.2, 0.25) is 0 Å². The molecule has 0 saturated carbocycles. The van der Waals surface area contributed by atoms with Crippen LogP contribution in [0.25, 0.3) is 0 Å². The van der Waals surface area contributed by atoms with Gasteiger partial charge >= 0.3 is 6.03 Å². The van der Waals surface area contributed by atoms with Crippen LogP contribution in [0.4, 0.5) is 4.79 Å². The Morgan fingerprint density at radius 3 is 2.57 bits per heavy atom. The van der Waals surface area contributed by atoms with E-state index in [-0.39, 0.29) is 12.6 Å². The standard InChI is InChI=1S/C14H14Cl2N2O2S/c15-10-4-9(5-11(16)6-10)13(19)8-18-14(20)17-7-12-2-1-3-21-12/h1-6,13,19H,7-8H2,(H2,17,18,20). The van der Waals surface area contributed by atoms with Crippen molar-refractivity contribution in [2.45, 2.75) is 12.6 Å². The summed E-state index contributed by atoms with van der Waals surface area (Å²) in [6.07, 6.45) is -0.867. The van der Waals surface area contributed by atoms with Crippen molar-refractivity contribution in [3.8, 4) is 0 Å². The highest BCUT2D eigenvalue weighted by Gasteiger charge is 2.11. The fraction of sp³-hybridized carbons (Fsp3) is 0.214. The first-order valence-electron chi connectivity index (χ1n) is 6.23. The zero-order valence-electron chi connectivity index (χ0n) is 11.0. The lowest BCUT2D eigenvalue weighted by Crippen LogP contribution is -2.37. The number of nitrogens with one attached hydrogen (secondary N) is 2. The molecular formula is C14H14Cl2N2O2S. The number of aliphatic hydroxyl groups is 1. The van der Waals surface area contributed by atoms with Crippen LogP contribution in [0, 0.1) is 0 Å². The number of rotatable bonds is 5. The second-order valence-electron chi connectivity index (χ2n) is 4.36. The van der Waals surface area contributed by atoms with Crippen molar-refractivity contribution in [2.24, 2.45) is 0 Å². The molecule has 112 valence electrons. The monoisotopic (exact) mass is 344 g/mol. The van der Waals surface area contributed by atoms with Gasteiger partial charge < -0.3 is 15.7 Å². The van der Waals surface area contributed by atoms with Crippen molar-refractivity contribution >= 4 is 40.6 Å². The quantitative estimate of drug-likeness (QED) is 0.776.